The fourth-order valence-corrected chi connectivity index (χ4v) is 2.03. The van der Waals surface area contributed by atoms with E-state index in [1.165, 1.54) is 0 Å². The molecule has 0 heterocycles. The molecule has 4 heteroatoms. The van der Waals surface area contributed by atoms with Gasteiger partial charge in [0.1, 0.15) is 5.75 Å². The highest BCUT2D eigenvalue weighted by molar-refractivity contribution is 6.32. The number of oxime groups is 1. The lowest BCUT2D eigenvalue weighted by Crippen LogP contribution is -2.06. The molecule has 0 aliphatic heterocycles. The van der Waals surface area contributed by atoms with Gasteiger partial charge in [-0.25, -0.2) is 0 Å². The molecule has 19 heavy (non-hydrogen) atoms. The quantitative estimate of drug-likeness (QED) is 0.509. The first-order chi connectivity index (χ1) is 9.11. The van der Waals surface area contributed by atoms with Crippen LogP contribution in [0.1, 0.15) is 16.7 Å². The first kappa shape index (κ1) is 13.4. The Morgan fingerprint density at radius 2 is 1.89 bits per heavy atom. The van der Waals surface area contributed by atoms with Crippen molar-refractivity contribution < 1.29 is 10.3 Å². The maximum Gasteiger partial charge on any atom is 0.125 e. The first-order valence-electron chi connectivity index (χ1n) is 5.86. The number of hydrogen-bond donors (Lipinski definition) is 2. The maximum atomic E-state index is 9.94. The van der Waals surface area contributed by atoms with Gasteiger partial charge in [0.15, 0.2) is 0 Å². The van der Waals surface area contributed by atoms with E-state index in [0.717, 1.165) is 11.1 Å². The molecule has 0 spiro atoms. The first-order valence-corrected chi connectivity index (χ1v) is 6.24. The largest absolute Gasteiger partial charge is 0.507 e. The maximum absolute atomic E-state index is 9.94. The van der Waals surface area contributed by atoms with E-state index in [-0.39, 0.29) is 5.75 Å². The molecule has 0 radical (unpaired) electrons. The summed E-state index contributed by atoms with van der Waals surface area (Å²) in [5, 5.41) is 22.9. The van der Waals surface area contributed by atoms with Crippen LogP contribution >= 0.6 is 11.6 Å². The number of halogens is 1. The van der Waals surface area contributed by atoms with Gasteiger partial charge in [0.05, 0.1) is 5.71 Å². The summed E-state index contributed by atoms with van der Waals surface area (Å²) in [4.78, 5) is 0. The Morgan fingerprint density at radius 3 is 2.53 bits per heavy atom. The van der Waals surface area contributed by atoms with Gasteiger partial charge < -0.3 is 10.3 Å². The van der Waals surface area contributed by atoms with Crippen molar-refractivity contribution in [1.82, 2.24) is 0 Å². The molecule has 0 amide bonds. The van der Waals surface area contributed by atoms with Gasteiger partial charge >= 0.3 is 0 Å². The molecule has 0 atom stereocenters. The minimum Gasteiger partial charge on any atom is -0.507 e. The van der Waals surface area contributed by atoms with Crippen molar-refractivity contribution in [3.05, 3.63) is 64.2 Å². The van der Waals surface area contributed by atoms with Crippen LogP contribution in [0.15, 0.2) is 47.6 Å². The number of benzene rings is 2. The van der Waals surface area contributed by atoms with Crippen molar-refractivity contribution in [2.24, 2.45) is 5.16 Å². The van der Waals surface area contributed by atoms with E-state index in [2.05, 4.69) is 5.16 Å². The summed E-state index contributed by atoms with van der Waals surface area (Å²) in [5.74, 6) is 0.0608. The van der Waals surface area contributed by atoms with E-state index in [1.54, 1.807) is 19.1 Å². The highest BCUT2D eigenvalue weighted by atomic mass is 35.5. The number of aromatic hydroxyl groups is 1. The third-order valence-corrected chi connectivity index (χ3v) is 3.33. The van der Waals surface area contributed by atoms with Crippen molar-refractivity contribution in [3.8, 4) is 5.75 Å². The van der Waals surface area contributed by atoms with Crippen LogP contribution in [0.4, 0.5) is 0 Å². The minimum absolute atomic E-state index is 0.0608. The predicted molar refractivity (Wildman–Crippen MR) is 76.3 cm³/mol. The Kier molecular flexibility index (Phi) is 4.07. The number of phenolic OH excluding ortho intramolecular Hbond substituents is 1. The van der Waals surface area contributed by atoms with Gasteiger partial charge in [-0.2, -0.15) is 0 Å². The van der Waals surface area contributed by atoms with Gasteiger partial charge in [-0.1, -0.05) is 47.1 Å². The average Bonchev–Trinajstić information content (AvgIpc) is 2.42. The molecule has 98 valence electrons. The zero-order valence-corrected chi connectivity index (χ0v) is 11.2. The molecule has 0 unspecified atom stereocenters. The lowest BCUT2D eigenvalue weighted by atomic mass is 10.0. The van der Waals surface area contributed by atoms with Crippen LogP contribution in [0, 0.1) is 6.92 Å². The molecule has 0 aromatic heterocycles. The second-order valence-electron chi connectivity index (χ2n) is 4.33. The van der Waals surface area contributed by atoms with E-state index in [1.807, 2.05) is 30.3 Å². The summed E-state index contributed by atoms with van der Waals surface area (Å²) in [6, 6.07) is 12.8. The summed E-state index contributed by atoms with van der Waals surface area (Å²) in [7, 11) is 0. The van der Waals surface area contributed by atoms with Crippen LogP contribution in [0.25, 0.3) is 0 Å². The van der Waals surface area contributed by atoms with Crippen LogP contribution in [0.2, 0.25) is 5.02 Å². The third kappa shape index (κ3) is 3.06. The molecular weight excluding hydrogens is 262 g/mol. The van der Waals surface area contributed by atoms with E-state index < -0.39 is 0 Å². The Labute approximate surface area is 116 Å². The van der Waals surface area contributed by atoms with Crippen LogP contribution in [-0.2, 0) is 6.42 Å². The number of hydrogen-bond acceptors (Lipinski definition) is 3. The Hall–Kier alpha value is -2.00. The minimum atomic E-state index is 0.0608. The van der Waals surface area contributed by atoms with Gasteiger partial charge in [-0.15, -0.1) is 0 Å². The van der Waals surface area contributed by atoms with Crippen LogP contribution in [-0.4, -0.2) is 16.0 Å². The topological polar surface area (TPSA) is 52.8 Å². The molecule has 2 rings (SSSR count). The van der Waals surface area contributed by atoms with E-state index in [9.17, 15) is 5.11 Å². The zero-order chi connectivity index (χ0) is 13.8. The highest BCUT2D eigenvalue weighted by Crippen LogP contribution is 2.27. The van der Waals surface area contributed by atoms with Gasteiger partial charge in [-0.3, -0.25) is 0 Å². The summed E-state index contributed by atoms with van der Waals surface area (Å²) in [6.45, 7) is 1.80. The number of rotatable bonds is 3. The molecule has 3 nitrogen and oxygen atoms in total. The zero-order valence-electron chi connectivity index (χ0n) is 10.5. The smallest absolute Gasteiger partial charge is 0.125 e. The van der Waals surface area contributed by atoms with E-state index >= 15 is 0 Å². The molecule has 0 saturated heterocycles. The summed E-state index contributed by atoms with van der Waals surface area (Å²) >= 11 is 6.04. The fraction of sp³-hybridized carbons (Fsp3) is 0.133. The summed E-state index contributed by atoms with van der Waals surface area (Å²) < 4.78 is 0. The number of aryl methyl sites for hydroxylation is 1. The van der Waals surface area contributed by atoms with Crippen molar-refractivity contribution in [3.63, 3.8) is 0 Å². The highest BCUT2D eigenvalue weighted by Gasteiger charge is 2.13. The lowest BCUT2D eigenvalue weighted by Gasteiger charge is -2.09. The van der Waals surface area contributed by atoms with Crippen molar-refractivity contribution in [2.75, 3.05) is 0 Å². The van der Waals surface area contributed by atoms with Crippen molar-refractivity contribution in [2.45, 2.75) is 13.3 Å². The molecule has 2 aromatic rings. The number of nitrogens with zero attached hydrogens (tertiary/aromatic N) is 1. The van der Waals surface area contributed by atoms with Crippen LogP contribution in [0.3, 0.4) is 0 Å². The molecule has 0 saturated carbocycles. The SMILES string of the molecule is Cc1cc(O)c(/C(Cc2ccccc2)=N/O)cc1Cl. The molecule has 0 bridgehead atoms. The molecule has 0 aliphatic carbocycles. The summed E-state index contributed by atoms with van der Waals surface area (Å²) in [6.07, 6.45) is 0.421. The Morgan fingerprint density at radius 1 is 1.21 bits per heavy atom. The predicted octanol–water partition coefficient (Wildman–Crippen LogP) is 3.78. The van der Waals surface area contributed by atoms with Crippen LogP contribution in [0.5, 0.6) is 5.75 Å². The average molecular weight is 276 g/mol. The third-order valence-electron chi connectivity index (χ3n) is 2.92. The monoisotopic (exact) mass is 275 g/mol. The van der Waals surface area contributed by atoms with Gasteiger partial charge in [0, 0.05) is 17.0 Å². The molecule has 2 aromatic carbocycles. The second-order valence-corrected chi connectivity index (χ2v) is 4.73. The Bertz CT molecular complexity index is 609. The second kappa shape index (κ2) is 5.76. The van der Waals surface area contributed by atoms with E-state index in [4.69, 9.17) is 16.8 Å². The lowest BCUT2D eigenvalue weighted by molar-refractivity contribution is 0.318. The van der Waals surface area contributed by atoms with Gasteiger partial charge in [0.2, 0.25) is 0 Å². The van der Waals surface area contributed by atoms with Gasteiger partial charge in [-0.05, 0) is 30.2 Å². The van der Waals surface area contributed by atoms with Crippen molar-refractivity contribution >= 4 is 17.3 Å². The van der Waals surface area contributed by atoms with Crippen LogP contribution < -0.4 is 0 Å². The standard InChI is InChI=1S/C15H14ClNO2/c1-10-7-15(18)12(9-13(10)16)14(17-19)8-11-5-3-2-4-6-11/h2-7,9,18-19H,8H2,1H3/b17-14+. The molecular formula is C15H14ClNO2. The number of phenols is 1. The van der Waals surface area contributed by atoms with Gasteiger partial charge in [0.25, 0.3) is 0 Å². The molecule has 0 aliphatic rings. The fourth-order valence-electron chi connectivity index (χ4n) is 1.87. The normalized spacial score (nSPS) is 11.6. The summed E-state index contributed by atoms with van der Waals surface area (Å²) in [5.41, 5.74) is 2.60. The molecule has 2 N–H and O–H groups in total. The van der Waals surface area contributed by atoms with E-state index in [0.29, 0.717) is 22.7 Å². The molecule has 0 fully saturated rings. The Balaban J connectivity index is 2.36. The van der Waals surface area contributed by atoms with Crippen molar-refractivity contribution in [1.29, 1.82) is 0 Å².